The Labute approximate surface area is 262 Å². The minimum Gasteiger partial charge on any atom is -0.481 e. The van der Waals surface area contributed by atoms with Gasteiger partial charge in [0.05, 0.1) is 24.5 Å². The number of aliphatic carboxylic acids is 1. The summed E-state index contributed by atoms with van der Waals surface area (Å²) < 4.78 is 0. The van der Waals surface area contributed by atoms with Crippen LogP contribution in [0.3, 0.4) is 0 Å². The molecule has 15 nitrogen and oxygen atoms in total. The number of Topliss-reactive ketones (excluding diaryl/α,β-unsaturated/α-hetero) is 1. The number of guanidine groups is 1. The molecule has 248 valence electrons. The van der Waals surface area contributed by atoms with E-state index in [1.54, 1.807) is 38.1 Å². The largest absolute Gasteiger partial charge is 0.481 e. The Balaban J connectivity index is 2.05. The molecule has 15 heteroatoms. The fraction of sp³-hybridized carbons (Fsp3) is 0.567. The number of carbonyl (C=O) groups excluding carboxylic acids is 5. The monoisotopic (exact) mass is 630 g/mol. The van der Waals surface area contributed by atoms with Gasteiger partial charge in [-0.1, -0.05) is 44.2 Å². The van der Waals surface area contributed by atoms with Gasteiger partial charge in [0.2, 0.25) is 23.6 Å². The normalized spacial score (nSPS) is 17.1. The molecular weight excluding hydrogens is 584 g/mol. The molecule has 1 heterocycles. The van der Waals surface area contributed by atoms with E-state index in [-0.39, 0.29) is 31.9 Å². The van der Waals surface area contributed by atoms with Crippen LogP contribution in [0.4, 0.5) is 0 Å². The van der Waals surface area contributed by atoms with Crippen molar-refractivity contribution in [3.05, 3.63) is 35.9 Å². The van der Waals surface area contributed by atoms with Crippen LogP contribution in [-0.4, -0.2) is 88.6 Å². The second kappa shape index (κ2) is 17.8. The Bertz CT molecular complexity index is 1240. The summed E-state index contributed by atoms with van der Waals surface area (Å²) in [5, 5.41) is 14.2. The lowest BCUT2D eigenvalue weighted by molar-refractivity contribution is -0.143. The zero-order valence-electron chi connectivity index (χ0n) is 25.8. The summed E-state index contributed by atoms with van der Waals surface area (Å²) in [5.41, 5.74) is 23.5. The van der Waals surface area contributed by atoms with Crippen molar-refractivity contribution in [1.82, 2.24) is 15.5 Å². The lowest BCUT2D eigenvalue weighted by atomic mass is 9.87. The van der Waals surface area contributed by atoms with Gasteiger partial charge in [0.15, 0.2) is 11.7 Å². The van der Waals surface area contributed by atoms with Gasteiger partial charge >= 0.3 is 5.97 Å². The van der Waals surface area contributed by atoms with Crippen LogP contribution in [0.15, 0.2) is 35.3 Å². The summed E-state index contributed by atoms with van der Waals surface area (Å²) in [5.74, 6) is -6.12. The minimum absolute atomic E-state index is 0.0755. The average Bonchev–Trinajstić information content (AvgIpc) is 3.47. The molecule has 0 bridgehead atoms. The fourth-order valence-corrected chi connectivity index (χ4v) is 5.10. The van der Waals surface area contributed by atoms with Crippen LogP contribution in [0, 0.1) is 11.8 Å². The van der Waals surface area contributed by atoms with E-state index in [2.05, 4.69) is 15.6 Å². The number of imide groups is 1. The predicted molar refractivity (Wildman–Crippen MR) is 166 cm³/mol. The number of nitrogens with one attached hydrogen (secondary N) is 2. The SMILES string of the molecule is CC(C)C(CC(=O)[C@H](CC(=O)O)NC(=O)[C@@H]1CCCN1C(=O)[C@@H](N)CCCN=C(N)N)C(=O)NC(=O)[C@@H](N)Cc1ccccc1. The summed E-state index contributed by atoms with van der Waals surface area (Å²) >= 11 is 0. The van der Waals surface area contributed by atoms with Gasteiger partial charge in [-0.2, -0.15) is 0 Å². The summed E-state index contributed by atoms with van der Waals surface area (Å²) in [4.78, 5) is 82.1. The average molecular weight is 631 g/mol. The van der Waals surface area contributed by atoms with Crippen molar-refractivity contribution in [2.75, 3.05) is 13.1 Å². The molecule has 1 fully saturated rings. The van der Waals surface area contributed by atoms with Crippen molar-refractivity contribution in [3.8, 4) is 0 Å². The number of carboxylic acids is 1. The second-order valence-corrected chi connectivity index (χ2v) is 11.6. The number of hydrogen-bond donors (Lipinski definition) is 7. The zero-order chi connectivity index (χ0) is 33.7. The molecular formula is C30H46N8O7. The summed E-state index contributed by atoms with van der Waals surface area (Å²) in [7, 11) is 0. The van der Waals surface area contributed by atoms with Crippen molar-refractivity contribution >= 4 is 41.3 Å². The Kier molecular flexibility index (Phi) is 14.6. The molecule has 11 N–H and O–H groups in total. The maximum Gasteiger partial charge on any atom is 0.305 e. The topological polar surface area (TPSA) is 266 Å². The molecule has 1 aromatic rings. The van der Waals surface area contributed by atoms with E-state index in [0.717, 1.165) is 5.56 Å². The van der Waals surface area contributed by atoms with Crippen LogP contribution in [0.25, 0.3) is 0 Å². The fourth-order valence-electron chi connectivity index (χ4n) is 5.10. The number of nitrogens with zero attached hydrogens (tertiary/aromatic N) is 2. The molecule has 0 radical (unpaired) electrons. The van der Waals surface area contributed by atoms with Gasteiger partial charge in [-0.15, -0.1) is 0 Å². The molecule has 0 aromatic heterocycles. The summed E-state index contributed by atoms with van der Waals surface area (Å²) in [6.07, 6.45) is 0.562. The van der Waals surface area contributed by atoms with Crippen LogP contribution < -0.4 is 33.6 Å². The highest BCUT2D eigenvalue weighted by molar-refractivity contribution is 6.01. The summed E-state index contributed by atoms with van der Waals surface area (Å²) in [6, 6.07) is 4.69. The Morgan fingerprint density at radius 3 is 2.27 bits per heavy atom. The Morgan fingerprint density at radius 1 is 1.00 bits per heavy atom. The van der Waals surface area contributed by atoms with Gasteiger partial charge in [0, 0.05) is 25.4 Å². The minimum atomic E-state index is -1.47. The number of nitrogens with two attached hydrogens (primary N) is 4. The number of aliphatic imine (C=N–C) groups is 1. The highest BCUT2D eigenvalue weighted by Crippen LogP contribution is 2.21. The number of rotatable bonds is 17. The Hall–Kier alpha value is -4.37. The van der Waals surface area contributed by atoms with Crippen molar-refractivity contribution in [2.45, 2.75) is 83.0 Å². The third-order valence-corrected chi connectivity index (χ3v) is 7.65. The first-order valence-electron chi connectivity index (χ1n) is 15.0. The molecule has 1 saturated heterocycles. The second-order valence-electron chi connectivity index (χ2n) is 11.6. The molecule has 1 unspecified atom stereocenters. The molecule has 0 aliphatic carbocycles. The van der Waals surface area contributed by atoms with Gasteiger partial charge in [-0.25, -0.2) is 0 Å². The van der Waals surface area contributed by atoms with E-state index in [4.69, 9.17) is 22.9 Å². The third kappa shape index (κ3) is 11.9. The van der Waals surface area contributed by atoms with Gasteiger partial charge < -0.3 is 38.3 Å². The smallest absolute Gasteiger partial charge is 0.305 e. The molecule has 1 aliphatic heterocycles. The number of benzene rings is 1. The van der Waals surface area contributed by atoms with Crippen LogP contribution in [-0.2, 0) is 35.2 Å². The maximum atomic E-state index is 13.3. The standard InChI is InChI=1S/C30H46N8O7/c1-17(2)19(26(42)37-27(43)21(32)14-18-8-4-3-5-9-18)15-24(39)22(16-25(40)41)36-28(44)23-11-7-13-38(23)29(45)20(31)10-6-12-35-30(33)34/h3-5,8-9,17,19-23H,6-7,10-16,31-32H2,1-2H3,(H,36,44)(H,40,41)(H4,33,34,35)(H,37,42,43)/t19?,20-,21-,22-,23-/m0/s1. The number of carbonyl (C=O) groups is 6. The molecule has 4 amide bonds. The number of carboxylic acid groups (broad SMARTS) is 1. The van der Waals surface area contributed by atoms with Crippen molar-refractivity contribution < 1.29 is 33.9 Å². The van der Waals surface area contributed by atoms with E-state index in [1.807, 2.05) is 6.07 Å². The van der Waals surface area contributed by atoms with Crippen LogP contribution in [0.2, 0.25) is 0 Å². The predicted octanol–water partition coefficient (Wildman–Crippen LogP) is -1.24. The molecule has 0 spiro atoms. The molecule has 2 rings (SSSR count). The molecule has 0 saturated carbocycles. The van der Waals surface area contributed by atoms with E-state index in [9.17, 15) is 33.9 Å². The van der Waals surface area contributed by atoms with Gasteiger partial charge in [-0.3, -0.25) is 39.1 Å². The van der Waals surface area contributed by atoms with E-state index >= 15 is 0 Å². The van der Waals surface area contributed by atoms with E-state index in [1.165, 1.54) is 4.90 Å². The summed E-state index contributed by atoms with van der Waals surface area (Å²) in [6.45, 7) is 3.92. The highest BCUT2D eigenvalue weighted by Gasteiger charge is 2.38. The molecule has 5 atom stereocenters. The van der Waals surface area contributed by atoms with Crippen LogP contribution >= 0.6 is 0 Å². The van der Waals surface area contributed by atoms with Gasteiger partial charge in [-0.05, 0) is 43.6 Å². The van der Waals surface area contributed by atoms with Gasteiger partial charge in [0.1, 0.15) is 6.04 Å². The van der Waals surface area contributed by atoms with Gasteiger partial charge in [0.25, 0.3) is 0 Å². The molecule has 1 aliphatic rings. The number of likely N-dealkylation sites (tertiary alicyclic amines) is 1. The first-order valence-corrected chi connectivity index (χ1v) is 15.0. The Morgan fingerprint density at radius 2 is 1.67 bits per heavy atom. The lowest BCUT2D eigenvalue weighted by Crippen LogP contribution is -2.54. The van der Waals surface area contributed by atoms with Crippen molar-refractivity contribution in [1.29, 1.82) is 0 Å². The quantitative estimate of drug-likeness (QED) is 0.0608. The maximum absolute atomic E-state index is 13.3. The first kappa shape index (κ1) is 36.8. The highest BCUT2D eigenvalue weighted by atomic mass is 16.4. The van der Waals surface area contributed by atoms with Crippen LogP contribution in [0.1, 0.15) is 57.9 Å². The number of ketones is 1. The number of hydrogen-bond acceptors (Lipinski definition) is 9. The molecule has 1 aromatic carbocycles. The van der Waals surface area contributed by atoms with Crippen molar-refractivity contribution in [3.63, 3.8) is 0 Å². The van der Waals surface area contributed by atoms with Crippen molar-refractivity contribution in [2.24, 2.45) is 39.8 Å². The number of amides is 4. The van der Waals surface area contributed by atoms with E-state index < -0.39 is 84.2 Å². The third-order valence-electron chi connectivity index (χ3n) is 7.65. The zero-order valence-corrected chi connectivity index (χ0v) is 25.8. The lowest BCUT2D eigenvalue weighted by Gasteiger charge is -2.28. The van der Waals surface area contributed by atoms with Crippen LogP contribution in [0.5, 0.6) is 0 Å². The first-order chi connectivity index (χ1) is 21.2. The molecule has 45 heavy (non-hydrogen) atoms. The van der Waals surface area contributed by atoms with E-state index in [0.29, 0.717) is 19.3 Å².